The van der Waals surface area contributed by atoms with E-state index >= 15 is 0 Å². The van der Waals surface area contributed by atoms with Crippen LogP contribution in [0.2, 0.25) is 0 Å². The average Bonchev–Trinajstić information content (AvgIpc) is 3.19. The predicted molar refractivity (Wildman–Crippen MR) is 96.3 cm³/mol. The van der Waals surface area contributed by atoms with Gasteiger partial charge in [0.2, 0.25) is 6.79 Å². The fraction of sp³-hybridized carbons (Fsp3) is 0.350. The van der Waals surface area contributed by atoms with Crippen LogP contribution in [0.25, 0.3) is 0 Å². The Labute approximate surface area is 157 Å². The lowest BCUT2D eigenvalue weighted by atomic mass is 10.2. The Morgan fingerprint density at radius 1 is 1.04 bits per heavy atom. The molecule has 1 fully saturated rings. The van der Waals surface area contributed by atoms with Crippen LogP contribution in [-0.2, 0) is 9.53 Å². The Morgan fingerprint density at radius 3 is 2.78 bits per heavy atom. The number of rotatable bonds is 6. The Bertz CT molecular complexity index is 781. The van der Waals surface area contributed by atoms with Gasteiger partial charge in [0.05, 0.1) is 13.2 Å². The number of fused-ring (bicyclic) bond motifs is 1. The van der Waals surface area contributed by atoms with Crippen LogP contribution < -0.4 is 18.9 Å². The van der Waals surface area contributed by atoms with Crippen LogP contribution in [0, 0.1) is 0 Å². The SMILES string of the molecule is O=C(COc1ccccc1)N1CCOC(COc2ccc3c(c2)OCO3)C1. The van der Waals surface area contributed by atoms with Gasteiger partial charge in [0, 0.05) is 12.6 Å². The maximum Gasteiger partial charge on any atom is 0.260 e. The van der Waals surface area contributed by atoms with Crippen molar-refractivity contribution in [3.05, 3.63) is 48.5 Å². The normalized spacial score (nSPS) is 18.2. The summed E-state index contributed by atoms with van der Waals surface area (Å²) in [5.74, 6) is 2.69. The van der Waals surface area contributed by atoms with E-state index in [-0.39, 0.29) is 25.4 Å². The molecular formula is C20H21NO6. The second-order valence-corrected chi connectivity index (χ2v) is 6.26. The topological polar surface area (TPSA) is 66.5 Å². The highest BCUT2D eigenvalue weighted by Crippen LogP contribution is 2.35. The van der Waals surface area contributed by atoms with E-state index in [1.807, 2.05) is 42.5 Å². The van der Waals surface area contributed by atoms with E-state index in [9.17, 15) is 4.79 Å². The summed E-state index contributed by atoms with van der Waals surface area (Å²) < 4.78 is 27.7. The zero-order valence-electron chi connectivity index (χ0n) is 14.8. The highest BCUT2D eigenvalue weighted by molar-refractivity contribution is 5.77. The van der Waals surface area contributed by atoms with E-state index < -0.39 is 0 Å². The third-order valence-electron chi connectivity index (χ3n) is 4.38. The molecule has 0 spiro atoms. The van der Waals surface area contributed by atoms with Gasteiger partial charge in [-0.25, -0.2) is 0 Å². The van der Waals surface area contributed by atoms with Crippen molar-refractivity contribution in [2.24, 2.45) is 0 Å². The van der Waals surface area contributed by atoms with Crippen molar-refractivity contribution in [2.75, 3.05) is 39.7 Å². The molecular weight excluding hydrogens is 350 g/mol. The number of carbonyl (C=O) groups excluding carboxylic acids is 1. The smallest absolute Gasteiger partial charge is 0.260 e. The minimum absolute atomic E-state index is 0.0136. The van der Waals surface area contributed by atoms with E-state index in [0.717, 1.165) is 0 Å². The van der Waals surface area contributed by atoms with Crippen LogP contribution >= 0.6 is 0 Å². The molecule has 2 aliphatic rings. The van der Waals surface area contributed by atoms with Gasteiger partial charge in [-0.05, 0) is 24.3 Å². The third kappa shape index (κ3) is 4.43. The molecule has 7 heteroatoms. The lowest BCUT2D eigenvalue weighted by Gasteiger charge is -2.32. The van der Waals surface area contributed by atoms with Gasteiger partial charge in [0.25, 0.3) is 5.91 Å². The first kappa shape index (κ1) is 17.5. The van der Waals surface area contributed by atoms with Crippen LogP contribution in [0.1, 0.15) is 0 Å². The molecule has 0 bridgehead atoms. The Balaban J connectivity index is 1.26. The Kier molecular flexibility index (Phi) is 5.29. The summed E-state index contributed by atoms with van der Waals surface area (Å²) in [6.07, 6.45) is -0.190. The molecule has 2 aromatic carbocycles. The monoisotopic (exact) mass is 371 g/mol. The number of carbonyl (C=O) groups is 1. The second kappa shape index (κ2) is 8.18. The van der Waals surface area contributed by atoms with Gasteiger partial charge < -0.3 is 28.6 Å². The van der Waals surface area contributed by atoms with E-state index in [1.54, 1.807) is 11.0 Å². The molecule has 0 N–H and O–H groups in total. The lowest BCUT2D eigenvalue weighted by molar-refractivity contribution is -0.142. The zero-order chi connectivity index (χ0) is 18.5. The van der Waals surface area contributed by atoms with E-state index in [0.29, 0.717) is 49.3 Å². The number of ether oxygens (including phenoxy) is 5. The number of hydrogen-bond donors (Lipinski definition) is 0. The van der Waals surface area contributed by atoms with Gasteiger partial charge in [-0.15, -0.1) is 0 Å². The van der Waals surface area contributed by atoms with E-state index in [2.05, 4.69) is 0 Å². The first-order valence-electron chi connectivity index (χ1n) is 8.87. The summed E-state index contributed by atoms with van der Waals surface area (Å²) in [4.78, 5) is 14.1. The largest absolute Gasteiger partial charge is 0.491 e. The van der Waals surface area contributed by atoms with Crippen molar-refractivity contribution in [3.8, 4) is 23.0 Å². The van der Waals surface area contributed by atoms with Crippen molar-refractivity contribution in [3.63, 3.8) is 0 Å². The molecule has 1 amide bonds. The molecule has 0 saturated carbocycles. The van der Waals surface area contributed by atoms with Crippen molar-refractivity contribution in [1.82, 2.24) is 4.90 Å². The van der Waals surface area contributed by atoms with E-state index in [1.165, 1.54) is 0 Å². The number of benzene rings is 2. The number of amides is 1. The molecule has 2 heterocycles. The highest BCUT2D eigenvalue weighted by Gasteiger charge is 2.25. The number of nitrogens with zero attached hydrogens (tertiary/aromatic N) is 1. The van der Waals surface area contributed by atoms with Crippen molar-refractivity contribution in [2.45, 2.75) is 6.10 Å². The zero-order valence-corrected chi connectivity index (χ0v) is 14.8. The summed E-state index contributed by atoms with van der Waals surface area (Å²) >= 11 is 0. The Morgan fingerprint density at radius 2 is 1.89 bits per heavy atom. The molecule has 2 aliphatic heterocycles. The van der Waals surface area contributed by atoms with E-state index in [4.69, 9.17) is 23.7 Å². The van der Waals surface area contributed by atoms with Gasteiger partial charge in [0.15, 0.2) is 18.1 Å². The van der Waals surface area contributed by atoms with Gasteiger partial charge >= 0.3 is 0 Å². The molecule has 0 aromatic heterocycles. The van der Waals surface area contributed by atoms with Crippen molar-refractivity contribution < 1.29 is 28.5 Å². The highest BCUT2D eigenvalue weighted by atomic mass is 16.7. The molecule has 1 unspecified atom stereocenters. The number of hydrogen-bond acceptors (Lipinski definition) is 6. The Hall–Kier alpha value is -2.93. The molecule has 1 atom stereocenters. The fourth-order valence-corrected chi connectivity index (χ4v) is 2.96. The van der Waals surface area contributed by atoms with Crippen LogP contribution in [-0.4, -0.2) is 56.6 Å². The first-order valence-corrected chi connectivity index (χ1v) is 8.87. The van der Waals surface area contributed by atoms with Gasteiger partial charge in [-0.1, -0.05) is 18.2 Å². The first-order chi connectivity index (χ1) is 13.3. The lowest BCUT2D eigenvalue weighted by Crippen LogP contribution is -2.49. The fourth-order valence-electron chi connectivity index (χ4n) is 2.96. The molecule has 0 radical (unpaired) electrons. The summed E-state index contributed by atoms with van der Waals surface area (Å²) in [5, 5.41) is 0. The minimum Gasteiger partial charge on any atom is -0.491 e. The van der Waals surface area contributed by atoms with Gasteiger partial charge in [0.1, 0.15) is 24.2 Å². The molecule has 1 saturated heterocycles. The summed E-state index contributed by atoms with van der Waals surface area (Å²) in [6, 6.07) is 14.7. The van der Waals surface area contributed by atoms with Gasteiger partial charge in [-0.3, -0.25) is 4.79 Å². The molecule has 4 rings (SSSR count). The third-order valence-corrected chi connectivity index (χ3v) is 4.38. The average molecular weight is 371 g/mol. The standard InChI is InChI=1S/C20H21NO6/c22-20(13-25-15-4-2-1-3-5-15)21-8-9-23-17(11-21)12-24-16-6-7-18-19(10-16)27-14-26-18/h1-7,10,17H,8-9,11-14H2. The van der Waals surface area contributed by atoms with Crippen molar-refractivity contribution in [1.29, 1.82) is 0 Å². The quantitative estimate of drug-likeness (QED) is 0.775. The predicted octanol–water partition coefficient (Wildman–Crippen LogP) is 2.10. The molecule has 0 aliphatic carbocycles. The second-order valence-electron chi connectivity index (χ2n) is 6.26. The summed E-state index contributed by atoms with van der Waals surface area (Å²) in [7, 11) is 0. The van der Waals surface area contributed by atoms with Gasteiger partial charge in [-0.2, -0.15) is 0 Å². The maximum atomic E-state index is 12.4. The molecule has 27 heavy (non-hydrogen) atoms. The summed E-state index contributed by atoms with van der Waals surface area (Å²) in [5.41, 5.74) is 0. The summed E-state index contributed by atoms with van der Waals surface area (Å²) in [6.45, 7) is 2.10. The molecule has 142 valence electrons. The van der Waals surface area contributed by atoms with Crippen LogP contribution in [0.15, 0.2) is 48.5 Å². The number of para-hydroxylation sites is 1. The molecule has 7 nitrogen and oxygen atoms in total. The molecule has 2 aromatic rings. The van der Waals surface area contributed by atoms with Crippen LogP contribution in [0.3, 0.4) is 0 Å². The maximum absolute atomic E-state index is 12.4. The van der Waals surface area contributed by atoms with Crippen molar-refractivity contribution >= 4 is 5.91 Å². The van der Waals surface area contributed by atoms with Crippen LogP contribution in [0.4, 0.5) is 0 Å². The number of morpholine rings is 1. The minimum atomic E-state index is -0.190. The van der Waals surface area contributed by atoms with Crippen LogP contribution in [0.5, 0.6) is 23.0 Å².